The minimum Gasteiger partial charge on any atom is -0.328 e. The summed E-state index contributed by atoms with van der Waals surface area (Å²) in [6, 6.07) is 7.30. The molecule has 1 saturated heterocycles. The Morgan fingerprint density at radius 3 is 2.14 bits per heavy atom. The Hall–Kier alpha value is -1.72. The Morgan fingerprint density at radius 2 is 1.64 bits per heavy atom. The monoisotopic (exact) mass is 301 g/mol. The van der Waals surface area contributed by atoms with Crippen LogP contribution in [0, 0.1) is 5.92 Å². The molecular weight excluding hydrogens is 278 g/mol. The van der Waals surface area contributed by atoms with Gasteiger partial charge < -0.3 is 10.6 Å². The third kappa shape index (κ3) is 2.78. The van der Waals surface area contributed by atoms with Gasteiger partial charge in [-0.2, -0.15) is 0 Å². The first kappa shape index (κ1) is 15.2. The third-order valence-electron chi connectivity index (χ3n) is 4.89. The smallest absolute Gasteiger partial charge is 0.261 e. The lowest BCUT2D eigenvalue weighted by Gasteiger charge is -2.34. The van der Waals surface area contributed by atoms with E-state index in [1.165, 1.54) is 4.90 Å². The zero-order valence-electron chi connectivity index (χ0n) is 13.0. The zero-order chi connectivity index (χ0) is 15.7. The molecule has 1 atom stereocenters. The molecule has 0 saturated carbocycles. The third-order valence-corrected chi connectivity index (χ3v) is 4.89. The predicted molar refractivity (Wildman–Crippen MR) is 84.6 cm³/mol. The van der Waals surface area contributed by atoms with Crippen LogP contribution in [0.5, 0.6) is 0 Å². The number of carbonyl (C=O) groups is 2. The number of fused-ring (bicyclic) bond motifs is 1. The molecule has 0 bridgehead atoms. The molecule has 5 heteroatoms. The van der Waals surface area contributed by atoms with Gasteiger partial charge in [-0.25, -0.2) is 0 Å². The lowest BCUT2D eigenvalue weighted by Crippen LogP contribution is -2.43. The number of piperidine rings is 1. The molecule has 2 aliphatic rings. The number of nitrogens with zero attached hydrogens (tertiary/aromatic N) is 2. The fourth-order valence-corrected chi connectivity index (χ4v) is 3.39. The summed E-state index contributed by atoms with van der Waals surface area (Å²) in [5, 5.41) is 0. The summed E-state index contributed by atoms with van der Waals surface area (Å²) in [5.74, 6) is 0.271. The van der Waals surface area contributed by atoms with Crippen molar-refractivity contribution in [3.8, 4) is 0 Å². The maximum Gasteiger partial charge on any atom is 0.261 e. The number of nitrogens with two attached hydrogens (primary N) is 1. The number of likely N-dealkylation sites (tertiary alicyclic amines) is 1. The standard InChI is InChI=1S/C17H23N3O2/c1-12(18)13-6-8-19(9-7-13)10-11-20-16(21)14-4-2-3-5-15(14)17(20)22/h2-5,12-13H,6-11,18H2,1H3. The van der Waals surface area contributed by atoms with Gasteiger partial charge in [-0.05, 0) is 50.9 Å². The molecule has 22 heavy (non-hydrogen) atoms. The second-order valence-electron chi connectivity index (χ2n) is 6.35. The normalized spacial score (nSPS) is 21.3. The molecule has 1 fully saturated rings. The van der Waals surface area contributed by atoms with Crippen LogP contribution in [0.3, 0.4) is 0 Å². The van der Waals surface area contributed by atoms with Crippen LogP contribution in [0.25, 0.3) is 0 Å². The van der Waals surface area contributed by atoms with Gasteiger partial charge in [-0.15, -0.1) is 0 Å². The highest BCUT2D eigenvalue weighted by molar-refractivity contribution is 6.21. The number of rotatable bonds is 4. The molecule has 118 valence electrons. The highest BCUT2D eigenvalue weighted by atomic mass is 16.2. The summed E-state index contributed by atoms with van der Waals surface area (Å²) < 4.78 is 0. The van der Waals surface area contributed by atoms with Crippen LogP contribution in [-0.2, 0) is 0 Å². The van der Waals surface area contributed by atoms with E-state index in [1.54, 1.807) is 24.3 Å². The van der Waals surface area contributed by atoms with Crippen molar-refractivity contribution >= 4 is 11.8 Å². The number of hydrogen-bond acceptors (Lipinski definition) is 4. The van der Waals surface area contributed by atoms with E-state index >= 15 is 0 Å². The fraction of sp³-hybridized carbons (Fsp3) is 0.529. The van der Waals surface area contributed by atoms with Crippen LogP contribution in [0.4, 0.5) is 0 Å². The molecule has 2 N–H and O–H groups in total. The summed E-state index contributed by atoms with van der Waals surface area (Å²) in [6.07, 6.45) is 2.19. The number of amides is 2. The summed E-state index contributed by atoms with van der Waals surface area (Å²) in [5.41, 5.74) is 7.02. The van der Waals surface area contributed by atoms with Crippen LogP contribution in [0.2, 0.25) is 0 Å². The summed E-state index contributed by atoms with van der Waals surface area (Å²) in [4.78, 5) is 28.3. The van der Waals surface area contributed by atoms with E-state index in [9.17, 15) is 9.59 Å². The Morgan fingerprint density at radius 1 is 1.09 bits per heavy atom. The molecule has 0 radical (unpaired) electrons. The Balaban J connectivity index is 1.55. The van der Waals surface area contributed by atoms with Gasteiger partial charge in [0.2, 0.25) is 0 Å². The van der Waals surface area contributed by atoms with Crippen molar-refractivity contribution in [3.63, 3.8) is 0 Å². The largest absolute Gasteiger partial charge is 0.328 e. The minimum absolute atomic E-state index is 0.161. The van der Waals surface area contributed by atoms with Crippen LogP contribution >= 0.6 is 0 Å². The Labute approximate surface area is 131 Å². The highest BCUT2D eigenvalue weighted by Crippen LogP contribution is 2.23. The first-order valence-corrected chi connectivity index (χ1v) is 8.01. The second-order valence-corrected chi connectivity index (χ2v) is 6.35. The molecule has 2 heterocycles. The molecule has 2 amide bonds. The summed E-state index contributed by atoms with van der Waals surface area (Å²) >= 11 is 0. The van der Waals surface area contributed by atoms with E-state index in [2.05, 4.69) is 11.8 Å². The van der Waals surface area contributed by atoms with E-state index < -0.39 is 0 Å². The SMILES string of the molecule is CC(N)C1CCN(CCN2C(=O)c3ccccc3C2=O)CC1. The van der Waals surface area contributed by atoms with Crippen molar-refractivity contribution < 1.29 is 9.59 Å². The van der Waals surface area contributed by atoms with Gasteiger partial charge in [-0.3, -0.25) is 14.5 Å². The van der Waals surface area contributed by atoms with Gasteiger partial charge in [0.25, 0.3) is 11.8 Å². The van der Waals surface area contributed by atoms with Gasteiger partial charge in [0, 0.05) is 19.1 Å². The van der Waals surface area contributed by atoms with Gasteiger partial charge in [0.1, 0.15) is 0 Å². The van der Waals surface area contributed by atoms with Gasteiger partial charge in [0.05, 0.1) is 11.1 Å². The predicted octanol–water partition coefficient (Wildman–Crippen LogP) is 1.34. The molecule has 1 aromatic carbocycles. The first-order valence-electron chi connectivity index (χ1n) is 8.01. The zero-order valence-corrected chi connectivity index (χ0v) is 13.0. The molecule has 1 unspecified atom stereocenters. The van der Waals surface area contributed by atoms with Gasteiger partial charge in [-0.1, -0.05) is 12.1 Å². The maximum absolute atomic E-state index is 12.3. The molecule has 0 aromatic heterocycles. The van der Waals surface area contributed by atoms with E-state index in [0.29, 0.717) is 23.6 Å². The molecular formula is C17H23N3O2. The lowest BCUT2D eigenvalue weighted by molar-refractivity contribution is 0.0624. The lowest BCUT2D eigenvalue weighted by atomic mass is 9.91. The van der Waals surface area contributed by atoms with Crippen molar-refractivity contribution in [2.45, 2.75) is 25.8 Å². The minimum atomic E-state index is -0.161. The van der Waals surface area contributed by atoms with Crippen LogP contribution in [0.1, 0.15) is 40.5 Å². The highest BCUT2D eigenvalue weighted by Gasteiger charge is 2.35. The first-order chi connectivity index (χ1) is 10.6. The number of carbonyl (C=O) groups excluding carboxylic acids is 2. The molecule has 0 aliphatic carbocycles. The van der Waals surface area contributed by atoms with E-state index in [-0.39, 0.29) is 17.9 Å². The van der Waals surface area contributed by atoms with E-state index in [0.717, 1.165) is 32.5 Å². The number of hydrogen-bond donors (Lipinski definition) is 1. The average molecular weight is 301 g/mol. The Bertz CT molecular complexity index is 542. The van der Waals surface area contributed by atoms with E-state index in [4.69, 9.17) is 5.73 Å². The quantitative estimate of drug-likeness (QED) is 0.852. The van der Waals surface area contributed by atoms with Crippen molar-refractivity contribution in [1.29, 1.82) is 0 Å². The molecule has 3 rings (SSSR count). The molecule has 5 nitrogen and oxygen atoms in total. The van der Waals surface area contributed by atoms with Crippen LogP contribution in [0.15, 0.2) is 24.3 Å². The van der Waals surface area contributed by atoms with Crippen molar-refractivity contribution in [3.05, 3.63) is 35.4 Å². The summed E-state index contributed by atoms with van der Waals surface area (Å²) in [6.45, 7) is 5.27. The number of benzene rings is 1. The molecule has 1 aromatic rings. The molecule has 2 aliphatic heterocycles. The topological polar surface area (TPSA) is 66.6 Å². The fourth-order valence-electron chi connectivity index (χ4n) is 3.39. The summed E-state index contributed by atoms with van der Waals surface area (Å²) in [7, 11) is 0. The maximum atomic E-state index is 12.3. The van der Waals surface area contributed by atoms with Crippen molar-refractivity contribution in [2.24, 2.45) is 11.7 Å². The van der Waals surface area contributed by atoms with E-state index in [1.807, 2.05) is 0 Å². The van der Waals surface area contributed by atoms with Crippen LogP contribution < -0.4 is 5.73 Å². The van der Waals surface area contributed by atoms with Crippen molar-refractivity contribution in [2.75, 3.05) is 26.2 Å². The van der Waals surface area contributed by atoms with Crippen molar-refractivity contribution in [1.82, 2.24) is 9.80 Å². The number of imide groups is 1. The average Bonchev–Trinajstić information content (AvgIpc) is 2.78. The van der Waals surface area contributed by atoms with Gasteiger partial charge >= 0.3 is 0 Å². The molecule has 0 spiro atoms. The Kier molecular flexibility index (Phi) is 4.27. The second kappa shape index (κ2) is 6.18. The van der Waals surface area contributed by atoms with Gasteiger partial charge in [0.15, 0.2) is 0 Å². The van der Waals surface area contributed by atoms with Crippen LogP contribution in [-0.4, -0.2) is 53.8 Å².